The number of nitrogens with zero attached hydrogens (tertiary/aromatic N) is 3. The molecule has 7 nitrogen and oxygen atoms in total. The Balaban J connectivity index is 1.32. The second kappa shape index (κ2) is 8.44. The van der Waals surface area contributed by atoms with Crippen LogP contribution in [0.15, 0.2) is 81.8 Å². The average molecular weight is 449 g/mol. The summed E-state index contributed by atoms with van der Waals surface area (Å²) in [6.45, 7) is -0.112. The first-order valence-electron chi connectivity index (χ1n) is 11.0. The van der Waals surface area contributed by atoms with Crippen molar-refractivity contribution in [3.05, 3.63) is 101 Å². The fourth-order valence-corrected chi connectivity index (χ4v) is 4.27. The number of para-hydroxylation sites is 1. The molecule has 3 heterocycles. The Kier molecular flexibility index (Phi) is 4.99. The smallest absolute Gasteiger partial charge is 0.339 e. The van der Waals surface area contributed by atoms with E-state index in [4.69, 9.17) is 18.6 Å². The van der Waals surface area contributed by atoms with Crippen molar-refractivity contribution < 1.29 is 18.4 Å². The molecule has 6 rings (SSSR count). The molecule has 1 aliphatic rings. The lowest BCUT2D eigenvalue weighted by Crippen LogP contribution is -2.10. The Morgan fingerprint density at radius 1 is 0.971 bits per heavy atom. The summed E-state index contributed by atoms with van der Waals surface area (Å²) in [5.74, 6) is 0.941. The molecule has 0 spiro atoms. The molecular formula is C27H19N3O4. The number of fused-ring (bicyclic) bond motifs is 2. The highest BCUT2D eigenvalue weighted by Crippen LogP contribution is 2.38. The first-order chi connectivity index (χ1) is 16.8. The van der Waals surface area contributed by atoms with Crippen LogP contribution in [-0.2, 0) is 17.8 Å². The Labute approximate surface area is 194 Å². The molecule has 0 saturated carbocycles. The zero-order chi connectivity index (χ0) is 22.9. The zero-order valence-electron chi connectivity index (χ0n) is 18.1. The van der Waals surface area contributed by atoms with E-state index in [2.05, 4.69) is 10.2 Å². The van der Waals surface area contributed by atoms with Gasteiger partial charge in [0.15, 0.2) is 6.61 Å². The second-order valence-electron chi connectivity index (χ2n) is 7.96. The van der Waals surface area contributed by atoms with Crippen LogP contribution in [0.2, 0.25) is 0 Å². The molecular weight excluding hydrogens is 430 g/mol. The monoisotopic (exact) mass is 449 g/mol. The van der Waals surface area contributed by atoms with Gasteiger partial charge in [0.2, 0.25) is 5.89 Å². The summed E-state index contributed by atoms with van der Waals surface area (Å²) in [5.41, 5.74) is 4.81. The number of hydrogen-bond donors (Lipinski definition) is 0. The Bertz CT molecular complexity index is 1520. The Morgan fingerprint density at radius 3 is 2.68 bits per heavy atom. The van der Waals surface area contributed by atoms with Crippen LogP contribution in [0.4, 0.5) is 0 Å². The van der Waals surface area contributed by atoms with Crippen LogP contribution in [0.5, 0.6) is 0 Å². The topological polar surface area (TPSA) is 91.2 Å². The molecule has 5 aromatic rings. The van der Waals surface area contributed by atoms with E-state index < -0.39 is 5.97 Å². The van der Waals surface area contributed by atoms with Crippen LogP contribution < -0.4 is 0 Å². The van der Waals surface area contributed by atoms with Crippen molar-refractivity contribution in [2.24, 2.45) is 0 Å². The van der Waals surface area contributed by atoms with Crippen molar-refractivity contribution >= 4 is 28.5 Å². The molecule has 0 amide bonds. The number of furan rings is 1. The minimum Gasteiger partial charge on any atom is -0.465 e. The highest BCUT2D eigenvalue weighted by molar-refractivity contribution is 6.07. The van der Waals surface area contributed by atoms with Gasteiger partial charge in [-0.05, 0) is 60.4 Å². The fraction of sp³-hybridized carbons (Fsp3) is 0.111. The van der Waals surface area contributed by atoms with E-state index >= 15 is 0 Å². The number of rotatable bonds is 5. The molecule has 3 aromatic heterocycles. The van der Waals surface area contributed by atoms with Gasteiger partial charge < -0.3 is 13.6 Å². The second-order valence-corrected chi connectivity index (χ2v) is 7.96. The minimum atomic E-state index is -0.437. The number of allylic oxidation sites excluding steroid dienone is 1. The summed E-state index contributed by atoms with van der Waals surface area (Å²) < 4.78 is 16.8. The largest absolute Gasteiger partial charge is 0.465 e. The molecule has 0 aliphatic heterocycles. The molecule has 0 bridgehead atoms. The Morgan fingerprint density at radius 2 is 1.82 bits per heavy atom. The molecule has 0 atom stereocenters. The molecule has 0 unspecified atom stereocenters. The van der Waals surface area contributed by atoms with Gasteiger partial charge >= 0.3 is 5.97 Å². The molecule has 7 heteroatoms. The lowest BCUT2D eigenvalue weighted by atomic mass is 10.0. The van der Waals surface area contributed by atoms with E-state index in [0.717, 1.165) is 45.5 Å². The summed E-state index contributed by atoms with van der Waals surface area (Å²) in [6, 6.07) is 20.8. The SMILES string of the molecule is O=C(OCc1nnc(-c2ccccc2)o1)c1c2c(nc3ccccc13)/C(=C/c1ccco1)CC2. The van der Waals surface area contributed by atoms with E-state index in [1.165, 1.54) is 0 Å². The van der Waals surface area contributed by atoms with Gasteiger partial charge in [0.05, 0.1) is 23.0 Å². The number of hydrogen-bond acceptors (Lipinski definition) is 7. The van der Waals surface area contributed by atoms with Crippen molar-refractivity contribution in [3.63, 3.8) is 0 Å². The van der Waals surface area contributed by atoms with E-state index in [9.17, 15) is 4.79 Å². The average Bonchev–Trinajstić information content (AvgIpc) is 3.64. The summed E-state index contributed by atoms with van der Waals surface area (Å²) in [4.78, 5) is 18.2. The van der Waals surface area contributed by atoms with Crippen LogP contribution in [0, 0.1) is 0 Å². The predicted octanol–water partition coefficient (Wildman–Crippen LogP) is 5.72. The van der Waals surface area contributed by atoms with Crippen molar-refractivity contribution in [1.82, 2.24) is 15.2 Å². The number of carbonyl (C=O) groups excluding carboxylic acids is 1. The number of pyridine rings is 1. The van der Waals surface area contributed by atoms with Gasteiger partial charge in [0, 0.05) is 10.9 Å². The maximum absolute atomic E-state index is 13.3. The third-order valence-corrected chi connectivity index (χ3v) is 5.82. The van der Waals surface area contributed by atoms with Crippen molar-refractivity contribution in [2.75, 3.05) is 0 Å². The van der Waals surface area contributed by atoms with Crippen molar-refractivity contribution in [1.29, 1.82) is 0 Å². The summed E-state index contributed by atoms with van der Waals surface area (Å²) >= 11 is 0. The van der Waals surface area contributed by atoms with Gasteiger partial charge in [0.25, 0.3) is 5.89 Å². The summed E-state index contributed by atoms with van der Waals surface area (Å²) in [6.07, 6.45) is 5.08. The molecule has 0 N–H and O–H groups in total. The number of ether oxygens (including phenoxy) is 1. The lowest BCUT2D eigenvalue weighted by molar-refractivity contribution is 0.0440. The minimum absolute atomic E-state index is 0.112. The molecule has 166 valence electrons. The van der Waals surface area contributed by atoms with Crippen LogP contribution >= 0.6 is 0 Å². The molecule has 0 saturated heterocycles. The van der Waals surface area contributed by atoms with Crippen molar-refractivity contribution in [2.45, 2.75) is 19.4 Å². The van der Waals surface area contributed by atoms with Gasteiger partial charge in [0.1, 0.15) is 5.76 Å². The van der Waals surface area contributed by atoms with Crippen LogP contribution in [0.25, 0.3) is 34.0 Å². The predicted molar refractivity (Wildman–Crippen MR) is 125 cm³/mol. The highest BCUT2D eigenvalue weighted by atomic mass is 16.5. The number of esters is 1. The summed E-state index contributed by atoms with van der Waals surface area (Å²) in [7, 11) is 0. The maximum Gasteiger partial charge on any atom is 0.339 e. The first kappa shape index (κ1) is 20.1. The molecule has 34 heavy (non-hydrogen) atoms. The third-order valence-electron chi connectivity index (χ3n) is 5.82. The van der Waals surface area contributed by atoms with Gasteiger partial charge in [-0.25, -0.2) is 9.78 Å². The number of benzene rings is 2. The number of aromatic nitrogens is 3. The van der Waals surface area contributed by atoms with E-state index in [0.29, 0.717) is 17.9 Å². The quantitative estimate of drug-likeness (QED) is 0.317. The van der Waals surface area contributed by atoms with Crippen LogP contribution in [0.1, 0.15) is 39.7 Å². The molecule has 2 aromatic carbocycles. The van der Waals surface area contributed by atoms with Crippen LogP contribution in [0.3, 0.4) is 0 Å². The van der Waals surface area contributed by atoms with Gasteiger partial charge in [-0.3, -0.25) is 0 Å². The van der Waals surface area contributed by atoms with Crippen molar-refractivity contribution in [3.8, 4) is 11.5 Å². The third kappa shape index (κ3) is 3.67. The Hall–Kier alpha value is -4.52. The van der Waals surface area contributed by atoms with Gasteiger partial charge in [-0.1, -0.05) is 36.4 Å². The molecule has 1 aliphatic carbocycles. The summed E-state index contributed by atoms with van der Waals surface area (Å²) in [5, 5.41) is 8.84. The van der Waals surface area contributed by atoms with E-state index in [-0.39, 0.29) is 12.5 Å². The highest BCUT2D eigenvalue weighted by Gasteiger charge is 2.28. The molecule has 0 radical (unpaired) electrons. The fourth-order valence-electron chi connectivity index (χ4n) is 4.27. The maximum atomic E-state index is 13.3. The zero-order valence-corrected chi connectivity index (χ0v) is 18.1. The normalized spacial score (nSPS) is 13.9. The van der Waals surface area contributed by atoms with Crippen LogP contribution in [-0.4, -0.2) is 21.2 Å². The van der Waals surface area contributed by atoms with E-state index in [1.807, 2.05) is 72.8 Å². The lowest BCUT2D eigenvalue weighted by Gasteiger charge is -2.11. The number of carbonyl (C=O) groups is 1. The van der Waals surface area contributed by atoms with Gasteiger partial charge in [-0.15, -0.1) is 10.2 Å². The van der Waals surface area contributed by atoms with E-state index in [1.54, 1.807) is 6.26 Å². The first-order valence-corrected chi connectivity index (χ1v) is 11.0. The molecule has 0 fully saturated rings. The van der Waals surface area contributed by atoms with Gasteiger partial charge in [-0.2, -0.15) is 0 Å². The standard InChI is InChI=1S/C27H19N3O4/c31-27(33-16-23-29-30-26(34-23)17-7-2-1-3-8-17)24-20-10-4-5-11-22(20)28-25-18(12-13-21(24)25)15-19-9-6-14-32-19/h1-11,14-15H,12-13,16H2/b18-15+.